The van der Waals surface area contributed by atoms with Gasteiger partial charge in [0, 0.05) is 0 Å². The van der Waals surface area contributed by atoms with Crippen LogP contribution >= 0.6 is 0 Å². The monoisotopic (exact) mass is 774 g/mol. The van der Waals surface area contributed by atoms with Crippen molar-refractivity contribution in [2.24, 2.45) is 0 Å². The Kier molecular flexibility index (Phi) is 44.1. The minimum Gasteiger partial charge on any atom is -0.394 e. The minimum absolute atomic E-state index is 0.00365. The van der Waals surface area contributed by atoms with Gasteiger partial charge >= 0.3 is 0 Å². The second-order valence-corrected chi connectivity index (χ2v) is 16.7. The molecule has 55 heavy (non-hydrogen) atoms. The van der Waals surface area contributed by atoms with E-state index in [1.165, 1.54) is 193 Å². The zero-order valence-electron chi connectivity index (χ0n) is 36.8. The van der Waals surface area contributed by atoms with Crippen LogP contribution < -0.4 is 5.32 Å². The molecule has 0 heterocycles. The van der Waals surface area contributed by atoms with Gasteiger partial charge in [-0.2, -0.15) is 0 Å². The zero-order chi connectivity index (χ0) is 40.1. The standard InChI is InChI=1S/C50H95NO4/c1-3-5-7-9-11-13-15-17-19-21-22-23-24-25-26-28-29-31-33-35-37-39-41-43-47(53)45-50(55)51-48(46-52)49(54)44-42-40-38-36-34-32-30-27-20-18-16-14-12-10-8-6-4-2/h25-26,34,36,42,44,47-49,52-54H,3-24,27-33,35,37-41,43,45-46H2,1-2H3,(H,51,55)/b26-25-,36-34+,44-42+. The molecule has 0 spiro atoms. The Hall–Kier alpha value is -1.43. The highest BCUT2D eigenvalue weighted by Crippen LogP contribution is 2.15. The molecule has 0 saturated carbocycles. The summed E-state index contributed by atoms with van der Waals surface area (Å²) in [5.74, 6) is -0.326. The van der Waals surface area contributed by atoms with E-state index < -0.39 is 18.2 Å². The Balaban J connectivity index is 3.66. The van der Waals surface area contributed by atoms with E-state index in [2.05, 4.69) is 43.5 Å². The number of carbonyl (C=O) groups excluding carboxylic acids is 1. The smallest absolute Gasteiger partial charge is 0.222 e. The van der Waals surface area contributed by atoms with Gasteiger partial charge in [0.05, 0.1) is 31.3 Å². The molecule has 0 aliphatic heterocycles. The third-order valence-corrected chi connectivity index (χ3v) is 11.1. The van der Waals surface area contributed by atoms with Crippen LogP contribution in [0.25, 0.3) is 0 Å². The van der Waals surface area contributed by atoms with Crippen LogP contribution in [0.5, 0.6) is 0 Å². The molecule has 5 nitrogen and oxygen atoms in total. The van der Waals surface area contributed by atoms with Crippen LogP contribution in [0.4, 0.5) is 0 Å². The Morgan fingerprint density at radius 1 is 0.455 bits per heavy atom. The van der Waals surface area contributed by atoms with Crippen molar-refractivity contribution < 1.29 is 20.1 Å². The molecule has 324 valence electrons. The van der Waals surface area contributed by atoms with Crippen LogP contribution in [0, 0.1) is 0 Å². The number of amides is 1. The highest BCUT2D eigenvalue weighted by atomic mass is 16.3. The number of rotatable bonds is 44. The molecule has 0 aromatic heterocycles. The lowest BCUT2D eigenvalue weighted by Crippen LogP contribution is -2.45. The van der Waals surface area contributed by atoms with E-state index in [1.807, 2.05) is 6.08 Å². The average molecular weight is 774 g/mol. The Morgan fingerprint density at radius 2 is 0.782 bits per heavy atom. The maximum Gasteiger partial charge on any atom is 0.222 e. The van der Waals surface area contributed by atoms with Gasteiger partial charge in [-0.1, -0.05) is 224 Å². The fraction of sp³-hybridized carbons (Fsp3) is 0.860. The summed E-state index contributed by atoms with van der Waals surface area (Å²) >= 11 is 0. The summed E-state index contributed by atoms with van der Waals surface area (Å²) in [6, 6.07) is -0.762. The first kappa shape index (κ1) is 53.6. The molecule has 0 saturated heterocycles. The van der Waals surface area contributed by atoms with Crippen LogP contribution in [-0.2, 0) is 4.79 Å². The SMILES string of the molecule is CCCCCCCCCCCCC/C=C/CC/C=C/C(O)C(CO)NC(=O)CC(O)CCCCCCCCC/C=C\CCCCCCCCCCCCCC. The van der Waals surface area contributed by atoms with Gasteiger partial charge in [0.1, 0.15) is 0 Å². The van der Waals surface area contributed by atoms with Crippen LogP contribution in [-0.4, -0.2) is 46.1 Å². The number of aliphatic hydroxyl groups is 3. The summed E-state index contributed by atoms with van der Waals surface area (Å²) in [4.78, 5) is 12.5. The van der Waals surface area contributed by atoms with Gasteiger partial charge in [-0.3, -0.25) is 4.79 Å². The molecule has 1 amide bonds. The largest absolute Gasteiger partial charge is 0.394 e. The molecule has 0 fully saturated rings. The molecule has 0 bridgehead atoms. The molecule has 0 aliphatic carbocycles. The molecule has 4 N–H and O–H groups in total. The summed E-state index contributed by atoms with van der Waals surface area (Å²) in [6.45, 7) is 4.21. The van der Waals surface area contributed by atoms with Crippen LogP contribution in [0.2, 0.25) is 0 Å². The van der Waals surface area contributed by atoms with E-state index in [1.54, 1.807) is 6.08 Å². The van der Waals surface area contributed by atoms with Crippen molar-refractivity contribution in [1.82, 2.24) is 5.32 Å². The van der Waals surface area contributed by atoms with E-state index in [0.717, 1.165) is 32.1 Å². The van der Waals surface area contributed by atoms with Crippen molar-refractivity contribution in [2.45, 2.75) is 270 Å². The molecular formula is C50H95NO4. The molecule has 3 unspecified atom stereocenters. The molecular weight excluding hydrogens is 679 g/mol. The Bertz CT molecular complexity index is 855. The van der Waals surface area contributed by atoms with E-state index in [0.29, 0.717) is 6.42 Å². The highest BCUT2D eigenvalue weighted by Gasteiger charge is 2.20. The minimum atomic E-state index is -0.952. The first-order valence-corrected chi connectivity index (χ1v) is 24.3. The Morgan fingerprint density at radius 3 is 1.16 bits per heavy atom. The van der Waals surface area contributed by atoms with Crippen LogP contribution in [0.3, 0.4) is 0 Å². The highest BCUT2D eigenvalue weighted by molar-refractivity contribution is 5.76. The summed E-state index contributed by atoms with van der Waals surface area (Å²) in [6.07, 6.45) is 57.3. The maximum absolute atomic E-state index is 12.5. The summed E-state index contributed by atoms with van der Waals surface area (Å²) in [7, 11) is 0. The molecule has 3 atom stereocenters. The maximum atomic E-state index is 12.5. The number of unbranched alkanes of at least 4 members (excludes halogenated alkanes) is 31. The lowest BCUT2D eigenvalue weighted by molar-refractivity contribution is -0.124. The normalized spacial score (nSPS) is 13.8. The number of hydrogen-bond donors (Lipinski definition) is 4. The summed E-state index contributed by atoms with van der Waals surface area (Å²) in [5, 5.41) is 33.3. The summed E-state index contributed by atoms with van der Waals surface area (Å²) < 4.78 is 0. The van der Waals surface area contributed by atoms with Crippen molar-refractivity contribution in [3.8, 4) is 0 Å². The van der Waals surface area contributed by atoms with Gasteiger partial charge in [0.2, 0.25) is 5.91 Å². The van der Waals surface area contributed by atoms with Crippen molar-refractivity contribution in [3.05, 3.63) is 36.5 Å². The van der Waals surface area contributed by atoms with E-state index in [9.17, 15) is 20.1 Å². The quantitative estimate of drug-likeness (QED) is 0.0367. The lowest BCUT2D eigenvalue weighted by atomic mass is 10.0. The number of carbonyl (C=O) groups is 1. The zero-order valence-corrected chi connectivity index (χ0v) is 36.8. The molecule has 0 rings (SSSR count). The molecule has 0 aromatic carbocycles. The van der Waals surface area contributed by atoms with Crippen molar-refractivity contribution >= 4 is 5.91 Å². The van der Waals surface area contributed by atoms with Gasteiger partial charge < -0.3 is 20.6 Å². The van der Waals surface area contributed by atoms with Gasteiger partial charge in [0.25, 0.3) is 0 Å². The van der Waals surface area contributed by atoms with E-state index in [-0.39, 0.29) is 18.9 Å². The van der Waals surface area contributed by atoms with Crippen LogP contribution in [0.1, 0.15) is 251 Å². The van der Waals surface area contributed by atoms with E-state index >= 15 is 0 Å². The lowest BCUT2D eigenvalue weighted by Gasteiger charge is -2.21. The molecule has 0 aliphatic rings. The third-order valence-electron chi connectivity index (χ3n) is 11.1. The van der Waals surface area contributed by atoms with Crippen molar-refractivity contribution in [1.29, 1.82) is 0 Å². The number of aliphatic hydroxyl groups excluding tert-OH is 3. The number of nitrogens with one attached hydrogen (secondary N) is 1. The number of allylic oxidation sites excluding steroid dienone is 5. The van der Waals surface area contributed by atoms with Gasteiger partial charge in [0.15, 0.2) is 0 Å². The predicted octanol–water partition coefficient (Wildman–Crippen LogP) is 14.3. The Labute approximate surface area is 343 Å². The van der Waals surface area contributed by atoms with Crippen molar-refractivity contribution in [3.63, 3.8) is 0 Å². The second-order valence-electron chi connectivity index (χ2n) is 16.7. The van der Waals surface area contributed by atoms with Gasteiger partial charge in [-0.25, -0.2) is 0 Å². The molecule has 0 aromatic rings. The second kappa shape index (κ2) is 45.3. The average Bonchev–Trinajstić information content (AvgIpc) is 3.18. The van der Waals surface area contributed by atoms with Gasteiger partial charge in [-0.05, 0) is 57.8 Å². The van der Waals surface area contributed by atoms with Gasteiger partial charge in [-0.15, -0.1) is 0 Å². The predicted molar refractivity (Wildman–Crippen MR) is 241 cm³/mol. The fourth-order valence-electron chi connectivity index (χ4n) is 7.41. The topological polar surface area (TPSA) is 89.8 Å². The number of hydrogen-bond acceptors (Lipinski definition) is 4. The van der Waals surface area contributed by atoms with Crippen molar-refractivity contribution in [2.75, 3.05) is 6.61 Å². The van der Waals surface area contributed by atoms with Crippen LogP contribution in [0.15, 0.2) is 36.5 Å². The molecule has 0 radical (unpaired) electrons. The van der Waals surface area contributed by atoms with E-state index in [4.69, 9.17) is 0 Å². The first-order valence-electron chi connectivity index (χ1n) is 24.3. The third kappa shape index (κ3) is 42.0. The first-order chi connectivity index (χ1) is 27.0. The summed E-state index contributed by atoms with van der Waals surface area (Å²) in [5.41, 5.74) is 0. The molecule has 5 heteroatoms. The fourth-order valence-corrected chi connectivity index (χ4v) is 7.41.